The maximum absolute atomic E-state index is 12.6. The molecule has 0 aliphatic rings. The van der Waals surface area contributed by atoms with Gasteiger partial charge in [0.1, 0.15) is 5.75 Å². The Morgan fingerprint density at radius 3 is 2.42 bits per heavy atom. The molecule has 0 atom stereocenters. The number of alkyl halides is 3. The first-order valence-electron chi connectivity index (χ1n) is 9.14. The molecule has 4 aromatic rings. The Bertz CT molecular complexity index is 1260. The summed E-state index contributed by atoms with van der Waals surface area (Å²) >= 11 is 0. The first-order chi connectivity index (χ1) is 14.8. The van der Waals surface area contributed by atoms with Crippen molar-refractivity contribution in [3.63, 3.8) is 0 Å². The fraction of sp³-hybridized carbons (Fsp3) is 0.0435. The zero-order chi connectivity index (χ0) is 22.0. The molecular weight excluding hydrogens is 409 g/mol. The van der Waals surface area contributed by atoms with E-state index in [9.17, 15) is 18.0 Å². The summed E-state index contributed by atoms with van der Waals surface area (Å²) in [4.78, 5) is 14.6. The quantitative estimate of drug-likeness (QED) is 0.403. The highest BCUT2D eigenvalue weighted by atomic mass is 19.4. The molecule has 2 heterocycles. The van der Waals surface area contributed by atoms with Crippen molar-refractivity contribution in [3.8, 4) is 17.3 Å². The Hall–Kier alpha value is -4.07. The molecule has 156 valence electrons. The first-order valence-corrected chi connectivity index (χ1v) is 9.14. The van der Waals surface area contributed by atoms with Crippen molar-refractivity contribution in [1.82, 2.24) is 9.55 Å². The third-order valence-corrected chi connectivity index (χ3v) is 4.55. The fourth-order valence-electron chi connectivity index (χ4n) is 3.12. The summed E-state index contributed by atoms with van der Waals surface area (Å²) in [5.41, 5.74) is 1.61. The summed E-state index contributed by atoms with van der Waals surface area (Å²) in [5.74, 6) is -0.568. The fourth-order valence-corrected chi connectivity index (χ4v) is 3.12. The number of carbonyl (C=O) groups is 1. The highest BCUT2D eigenvalue weighted by Crippen LogP contribution is 2.31. The van der Waals surface area contributed by atoms with Gasteiger partial charge in [-0.15, -0.1) is 0 Å². The molecule has 0 bridgehead atoms. The van der Waals surface area contributed by atoms with Gasteiger partial charge in [-0.3, -0.25) is 0 Å². The Kier molecular flexibility index (Phi) is 5.21. The largest absolute Gasteiger partial charge is 0.478 e. The molecule has 2 aromatic carbocycles. The van der Waals surface area contributed by atoms with Crippen LogP contribution in [-0.2, 0) is 11.0 Å². The van der Waals surface area contributed by atoms with Gasteiger partial charge >= 0.3 is 12.1 Å². The Balaban J connectivity index is 1.60. The normalized spacial score (nSPS) is 11.8. The average molecular weight is 424 g/mol. The molecule has 0 aliphatic carbocycles. The second-order valence-electron chi connectivity index (χ2n) is 6.62. The van der Waals surface area contributed by atoms with Gasteiger partial charge in [0, 0.05) is 41.2 Å². The third kappa shape index (κ3) is 4.42. The molecule has 31 heavy (non-hydrogen) atoms. The van der Waals surface area contributed by atoms with Crippen molar-refractivity contribution in [3.05, 3.63) is 90.3 Å². The van der Waals surface area contributed by atoms with Gasteiger partial charge in [0.25, 0.3) is 0 Å². The highest BCUT2D eigenvalue weighted by Gasteiger charge is 2.30. The Morgan fingerprint density at radius 1 is 1.03 bits per heavy atom. The summed E-state index contributed by atoms with van der Waals surface area (Å²) in [7, 11) is 0. The molecule has 2 aromatic heterocycles. The van der Waals surface area contributed by atoms with Gasteiger partial charge in [-0.05, 0) is 42.5 Å². The molecular formula is C23H15F3N2O3. The SMILES string of the molecule is O=C(O)C=Cc1cn(-c2ccc(Oc3ccc(C(F)(F)F)cn3)cc2)c2ccccc12. The predicted octanol–water partition coefficient (Wildman–Crippen LogP) is 5.93. The molecule has 0 aliphatic heterocycles. The van der Waals surface area contributed by atoms with E-state index in [-0.39, 0.29) is 5.88 Å². The third-order valence-electron chi connectivity index (χ3n) is 4.55. The predicted molar refractivity (Wildman–Crippen MR) is 109 cm³/mol. The van der Waals surface area contributed by atoms with E-state index < -0.39 is 17.7 Å². The van der Waals surface area contributed by atoms with Crippen molar-refractivity contribution in [2.24, 2.45) is 0 Å². The van der Waals surface area contributed by atoms with Crippen LogP contribution >= 0.6 is 0 Å². The standard InChI is InChI=1S/C23H15F3N2O3/c24-23(25,26)16-6-11-21(27-13-16)31-18-9-7-17(8-10-18)28-14-15(5-12-22(29)30)19-3-1-2-4-20(19)28/h1-14H,(H,29,30). The molecule has 5 nitrogen and oxygen atoms in total. The number of ether oxygens (including phenoxy) is 1. The molecule has 0 amide bonds. The van der Waals surface area contributed by atoms with Crippen molar-refractivity contribution in [1.29, 1.82) is 0 Å². The molecule has 0 unspecified atom stereocenters. The van der Waals surface area contributed by atoms with Crippen LogP contribution in [0.15, 0.2) is 79.1 Å². The van der Waals surface area contributed by atoms with Crippen LogP contribution in [-0.4, -0.2) is 20.6 Å². The molecule has 4 rings (SSSR count). The Morgan fingerprint density at radius 2 is 1.77 bits per heavy atom. The summed E-state index contributed by atoms with van der Waals surface area (Å²) in [6.45, 7) is 0. The number of fused-ring (bicyclic) bond motifs is 1. The van der Waals surface area contributed by atoms with E-state index in [1.807, 2.05) is 35.0 Å². The second kappa shape index (κ2) is 7.98. The number of para-hydroxylation sites is 1. The van der Waals surface area contributed by atoms with Gasteiger partial charge < -0.3 is 14.4 Å². The van der Waals surface area contributed by atoms with Gasteiger partial charge in [0.2, 0.25) is 5.88 Å². The monoisotopic (exact) mass is 424 g/mol. The van der Waals surface area contributed by atoms with Crippen LogP contribution in [0.5, 0.6) is 11.6 Å². The number of hydrogen-bond acceptors (Lipinski definition) is 3. The van der Waals surface area contributed by atoms with Gasteiger partial charge in [0.15, 0.2) is 0 Å². The summed E-state index contributed by atoms with van der Waals surface area (Å²) in [5, 5.41) is 9.81. The molecule has 0 radical (unpaired) electrons. The highest BCUT2D eigenvalue weighted by molar-refractivity contribution is 5.94. The first kappa shape index (κ1) is 20.2. The lowest BCUT2D eigenvalue weighted by Crippen LogP contribution is -2.05. The number of pyridine rings is 1. The topological polar surface area (TPSA) is 64.3 Å². The molecule has 0 spiro atoms. The maximum atomic E-state index is 12.6. The molecule has 0 fully saturated rings. The van der Waals surface area contributed by atoms with Crippen LogP contribution in [0.1, 0.15) is 11.1 Å². The summed E-state index contributed by atoms with van der Waals surface area (Å²) in [6, 6.07) is 16.6. The molecule has 0 saturated carbocycles. The van der Waals surface area contributed by atoms with Gasteiger partial charge in [-0.2, -0.15) is 13.2 Å². The van der Waals surface area contributed by atoms with Crippen LogP contribution in [0.25, 0.3) is 22.7 Å². The molecule has 1 N–H and O–H groups in total. The van der Waals surface area contributed by atoms with E-state index in [0.717, 1.165) is 46.6 Å². The average Bonchev–Trinajstić information content (AvgIpc) is 3.11. The van der Waals surface area contributed by atoms with E-state index in [0.29, 0.717) is 5.75 Å². The molecule has 0 saturated heterocycles. The van der Waals surface area contributed by atoms with Gasteiger partial charge in [-0.1, -0.05) is 18.2 Å². The van der Waals surface area contributed by atoms with Crippen molar-refractivity contribution < 1.29 is 27.8 Å². The van der Waals surface area contributed by atoms with E-state index in [4.69, 9.17) is 9.84 Å². The van der Waals surface area contributed by atoms with E-state index in [2.05, 4.69) is 4.98 Å². The van der Waals surface area contributed by atoms with Crippen LogP contribution in [0.4, 0.5) is 13.2 Å². The van der Waals surface area contributed by atoms with E-state index in [1.54, 1.807) is 24.3 Å². The number of carboxylic acid groups (broad SMARTS) is 1. The number of halogens is 3. The minimum atomic E-state index is -4.45. The van der Waals surface area contributed by atoms with Crippen LogP contribution in [0.2, 0.25) is 0 Å². The Labute approximate surface area is 174 Å². The number of benzene rings is 2. The molecule has 8 heteroatoms. The van der Waals surface area contributed by atoms with Crippen molar-refractivity contribution in [2.75, 3.05) is 0 Å². The van der Waals surface area contributed by atoms with Gasteiger partial charge in [0.05, 0.1) is 11.1 Å². The van der Waals surface area contributed by atoms with E-state index >= 15 is 0 Å². The zero-order valence-electron chi connectivity index (χ0n) is 15.9. The van der Waals surface area contributed by atoms with Gasteiger partial charge in [-0.25, -0.2) is 9.78 Å². The number of carboxylic acids is 1. The van der Waals surface area contributed by atoms with Crippen LogP contribution in [0, 0.1) is 0 Å². The summed E-state index contributed by atoms with van der Waals surface area (Å²) < 4.78 is 45.4. The van der Waals surface area contributed by atoms with Crippen molar-refractivity contribution >= 4 is 22.9 Å². The van der Waals surface area contributed by atoms with E-state index in [1.165, 1.54) is 6.08 Å². The lowest BCUT2D eigenvalue weighted by molar-refractivity contribution is -0.138. The smallest absolute Gasteiger partial charge is 0.417 e. The zero-order valence-corrected chi connectivity index (χ0v) is 15.9. The number of aromatic nitrogens is 2. The van der Waals surface area contributed by atoms with Crippen LogP contribution in [0.3, 0.4) is 0 Å². The number of rotatable bonds is 5. The maximum Gasteiger partial charge on any atom is 0.417 e. The number of aliphatic carboxylic acids is 1. The van der Waals surface area contributed by atoms with Crippen LogP contribution < -0.4 is 4.74 Å². The van der Waals surface area contributed by atoms with Crippen molar-refractivity contribution in [2.45, 2.75) is 6.18 Å². The number of nitrogens with zero attached hydrogens (tertiary/aromatic N) is 2. The number of hydrogen-bond donors (Lipinski definition) is 1. The minimum absolute atomic E-state index is 0.0493. The second-order valence-corrected chi connectivity index (χ2v) is 6.62. The lowest BCUT2D eigenvalue weighted by atomic mass is 10.1. The lowest BCUT2D eigenvalue weighted by Gasteiger charge is -2.09. The summed E-state index contributed by atoms with van der Waals surface area (Å²) in [6.07, 6.45) is 0.722. The minimum Gasteiger partial charge on any atom is -0.478 e.